The van der Waals surface area contributed by atoms with Crippen molar-refractivity contribution in [3.63, 3.8) is 0 Å². The maximum atomic E-state index is 13.1. The normalized spacial score (nSPS) is 24.6. The van der Waals surface area contributed by atoms with Gasteiger partial charge < -0.3 is 18.9 Å². The first-order chi connectivity index (χ1) is 14.0. The zero-order valence-corrected chi connectivity index (χ0v) is 16.3. The van der Waals surface area contributed by atoms with E-state index in [4.69, 9.17) is 9.47 Å². The van der Waals surface area contributed by atoms with Crippen molar-refractivity contribution in [1.29, 1.82) is 0 Å². The highest BCUT2D eigenvalue weighted by molar-refractivity contribution is 5.92. The zero-order chi connectivity index (χ0) is 20.4. The summed E-state index contributed by atoms with van der Waals surface area (Å²) < 4.78 is 14.8. The molecule has 154 valence electrons. The van der Waals surface area contributed by atoms with Crippen molar-refractivity contribution in [3.8, 4) is 0 Å². The minimum Gasteiger partial charge on any atom is -0.377 e. The molecule has 1 unspecified atom stereocenters. The number of nitrogens with zero attached hydrogens (tertiary/aromatic N) is 4. The van der Waals surface area contributed by atoms with Crippen molar-refractivity contribution >= 4 is 5.91 Å². The molecule has 1 spiro atoms. The second-order valence-corrected chi connectivity index (χ2v) is 7.59. The van der Waals surface area contributed by atoms with Crippen LogP contribution in [-0.4, -0.2) is 63.2 Å². The quantitative estimate of drug-likeness (QED) is 0.722. The van der Waals surface area contributed by atoms with E-state index in [2.05, 4.69) is 5.10 Å². The average Bonchev–Trinajstić information content (AvgIpc) is 2.97. The van der Waals surface area contributed by atoms with Gasteiger partial charge in [-0.05, 0) is 25.0 Å². The van der Waals surface area contributed by atoms with E-state index >= 15 is 0 Å². The van der Waals surface area contributed by atoms with Crippen molar-refractivity contribution in [2.75, 3.05) is 26.3 Å². The van der Waals surface area contributed by atoms with Gasteiger partial charge in [-0.1, -0.05) is 6.07 Å². The number of pyridine rings is 1. The molecule has 0 bridgehead atoms. The molecule has 2 aromatic heterocycles. The first-order valence-electron chi connectivity index (χ1n) is 9.70. The third kappa shape index (κ3) is 4.01. The Morgan fingerprint density at radius 2 is 2.07 bits per heavy atom. The number of hydrogen-bond acceptors (Lipinski definition) is 6. The van der Waals surface area contributed by atoms with Gasteiger partial charge in [-0.2, -0.15) is 5.10 Å². The summed E-state index contributed by atoms with van der Waals surface area (Å²) in [7, 11) is 1.59. The molecule has 1 amide bonds. The number of hydrogen-bond donors (Lipinski definition) is 0. The Morgan fingerprint density at radius 3 is 2.90 bits per heavy atom. The first-order valence-corrected chi connectivity index (χ1v) is 9.70. The highest BCUT2D eigenvalue weighted by atomic mass is 16.6. The highest BCUT2D eigenvalue weighted by Crippen LogP contribution is 2.33. The summed E-state index contributed by atoms with van der Waals surface area (Å²) >= 11 is 0. The van der Waals surface area contributed by atoms with Crippen molar-refractivity contribution in [2.24, 2.45) is 7.05 Å². The van der Waals surface area contributed by atoms with Crippen molar-refractivity contribution < 1.29 is 14.3 Å². The van der Waals surface area contributed by atoms with E-state index in [9.17, 15) is 14.4 Å². The summed E-state index contributed by atoms with van der Waals surface area (Å²) in [5.41, 5.74) is -0.683. The lowest BCUT2D eigenvalue weighted by Crippen LogP contribution is -2.47. The summed E-state index contributed by atoms with van der Waals surface area (Å²) in [5, 5.41) is 4.09. The van der Waals surface area contributed by atoms with Crippen LogP contribution in [0.4, 0.5) is 0 Å². The smallest absolute Gasteiger partial charge is 0.270 e. The van der Waals surface area contributed by atoms with Crippen LogP contribution in [0.3, 0.4) is 0 Å². The number of aromatic nitrogens is 3. The van der Waals surface area contributed by atoms with Gasteiger partial charge in [0.25, 0.3) is 17.0 Å². The van der Waals surface area contributed by atoms with Crippen LogP contribution in [0.25, 0.3) is 0 Å². The maximum absolute atomic E-state index is 13.1. The number of carbonyl (C=O) groups excluding carboxylic acids is 1. The maximum Gasteiger partial charge on any atom is 0.270 e. The number of amides is 1. The van der Waals surface area contributed by atoms with E-state index in [0.29, 0.717) is 38.5 Å². The summed E-state index contributed by atoms with van der Waals surface area (Å²) in [5.74, 6) is -0.219. The fraction of sp³-hybridized carbons (Fsp3) is 0.500. The van der Waals surface area contributed by atoms with Crippen LogP contribution in [0.2, 0.25) is 0 Å². The number of rotatable bonds is 3. The Balaban J connectivity index is 1.50. The monoisotopic (exact) mass is 400 g/mol. The third-order valence-corrected chi connectivity index (χ3v) is 5.54. The van der Waals surface area contributed by atoms with E-state index < -0.39 is 5.60 Å². The van der Waals surface area contributed by atoms with Crippen LogP contribution in [0.5, 0.6) is 0 Å². The zero-order valence-electron chi connectivity index (χ0n) is 16.3. The van der Waals surface area contributed by atoms with Gasteiger partial charge in [-0.3, -0.25) is 14.4 Å². The van der Waals surface area contributed by atoms with E-state index in [1.54, 1.807) is 36.3 Å². The molecule has 4 heterocycles. The standard InChI is InChI=1S/C20H24N4O5/c1-22-16(4-2-5-17(22)25)19(27)23-10-11-28-14-20(13-23)8-7-15(29-20)12-24-18(26)6-3-9-21-24/h2-6,9,15H,7-8,10-14H2,1H3/t15?,20-/m0/s1. The van der Waals surface area contributed by atoms with E-state index in [1.165, 1.54) is 21.4 Å². The topological polar surface area (TPSA) is 95.7 Å². The molecular weight excluding hydrogens is 376 g/mol. The van der Waals surface area contributed by atoms with Crippen LogP contribution < -0.4 is 11.1 Å². The molecule has 0 N–H and O–H groups in total. The van der Waals surface area contributed by atoms with Gasteiger partial charge in [0.15, 0.2) is 0 Å². The molecule has 0 aliphatic carbocycles. The first kappa shape index (κ1) is 19.5. The Kier molecular flexibility index (Phi) is 5.33. The third-order valence-electron chi connectivity index (χ3n) is 5.54. The van der Waals surface area contributed by atoms with Crippen molar-refractivity contribution in [1.82, 2.24) is 19.2 Å². The van der Waals surface area contributed by atoms with E-state index in [1.807, 2.05) is 0 Å². The van der Waals surface area contributed by atoms with Crippen LogP contribution in [0.15, 0.2) is 46.1 Å². The van der Waals surface area contributed by atoms with Crippen molar-refractivity contribution in [3.05, 3.63) is 62.9 Å². The molecule has 2 atom stereocenters. The summed E-state index contributed by atoms with van der Waals surface area (Å²) in [6, 6.07) is 7.74. The van der Waals surface area contributed by atoms with Gasteiger partial charge in [0.1, 0.15) is 11.3 Å². The molecule has 9 nitrogen and oxygen atoms in total. The lowest BCUT2D eigenvalue weighted by molar-refractivity contribution is -0.0884. The molecule has 2 saturated heterocycles. The Labute approximate surface area is 167 Å². The van der Waals surface area contributed by atoms with Crippen LogP contribution >= 0.6 is 0 Å². The summed E-state index contributed by atoms with van der Waals surface area (Å²) in [4.78, 5) is 38.6. The van der Waals surface area contributed by atoms with Crippen LogP contribution in [0, 0.1) is 0 Å². The molecule has 29 heavy (non-hydrogen) atoms. The fourth-order valence-electron chi connectivity index (χ4n) is 3.98. The molecule has 0 saturated carbocycles. The van der Waals surface area contributed by atoms with Gasteiger partial charge in [0.2, 0.25) is 0 Å². The molecule has 2 fully saturated rings. The molecule has 2 aromatic rings. The number of carbonyl (C=O) groups is 1. The second kappa shape index (κ2) is 7.92. The van der Waals surface area contributed by atoms with Crippen molar-refractivity contribution in [2.45, 2.75) is 31.1 Å². The van der Waals surface area contributed by atoms with Crippen LogP contribution in [0.1, 0.15) is 23.3 Å². The lowest BCUT2D eigenvalue weighted by Gasteiger charge is -2.32. The number of ether oxygens (including phenoxy) is 2. The second-order valence-electron chi connectivity index (χ2n) is 7.59. The van der Waals surface area contributed by atoms with Gasteiger partial charge in [0, 0.05) is 31.9 Å². The van der Waals surface area contributed by atoms with Gasteiger partial charge in [0.05, 0.1) is 32.4 Å². The summed E-state index contributed by atoms with van der Waals surface area (Å²) in [6.07, 6.45) is 2.86. The Hall–Kier alpha value is -2.78. The Bertz CT molecular complexity index is 1020. The molecule has 0 aromatic carbocycles. The van der Waals surface area contributed by atoms with Gasteiger partial charge >= 0.3 is 0 Å². The van der Waals surface area contributed by atoms with Gasteiger partial charge in [-0.15, -0.1) is 0 Å². The van der Waals surface area contributed by atoms with E-state index in [0.717, 1.165) is 12.8 Å². The highest BCUT2D eigenvalue weighted by Gasteiger charge is 2.44. The largest absolute Gasteiger partial charge is 0.377 e. The van der Waals surface area contributed by atoms with E-state index in [-0.39, 0.29) is 23.1 Å². The molecule has 2 aliphatic rings. The predicted octanol–water partition coefficient (Wildman–Crippen LogP) is 0.0324. The minimum absolute atomic E-state index is 0.170. The minimum atomic E-state index is -0.622. The van der Waals surface area contributed by atoms with Crippen LogP contribution in [-0.2, 0) is 23.1 Å². The molecular formula is C20H24N4O5. The molecule has 4 rings (SSSR count). The SMILES string of the molecule is Cn1c(C(=O)N2CCOC[C@]3(CCC(Cn4ncccc4=O)O3)C2)cccc1=O. The lowest BCUT2D eigenvalue weighted by atomic mass is 10.00. The molecule has 2 aliphatic heterocycles. The predicted molar refractivity (Wildman–Crippen MR) is 104 cm³/mol. The Morgan fingerprint density at radius 1 is 1.24 bits per heavy atom. The summed E-state index contributed by atoms with van der Waals surface area (Å²) in [6.45, 7) is 1.96. The fourth-order valence-corrected chi connectivity index (χ4v) is 3.98. The van der Waals surface area contributed by atoms with Gasteiger partial charge in [-0.25, -0.2) is 4.68 Å². The molecule has 0 radical (unpaired) electrons. The molecule has 9 heteroatoms. The average molecular weight is 400 g/mol.